The maximum atomic E-state index is 13.0. The van der Waals surface area contributed by atoms with Gasteiger partial charge in [-0.05, 0) is 48.7 Å². The van der Waals surface area contributed by atoms with E-state index in [1.54, 1.807) is 6.26 Å². The van der Waals surface area contributed by atoms with E-state index in [9.17, 15) is 4.79 Å². The Morgan fingerprint density at radius 3 is 2.72 bits per heavy atom. The summed E-state index contributed by atoms with van der Waals surface area (Å²) in [4.78, 5) is 13.0. The van der Waals surface area contributed by atoms with Crippen molar-refractivity contribution in [2.45, 2.75) is 32.7 Å². The van der Waals surface area contributed by atoms with Crippen LogP contribution in [0.25, 0.3) is 0 Å². The Morgan fingerprint density at radius 2 is 2.00 bits per heavy atom. The van der Waals surface area contributed by atoms with Gasteiger partial charge in [-0.3, -0.25) is 4.79 Å². The van der Waals surface area contributed by atoms with E-state index in [0.29, 0.717) is 12.2 Å². The summed E-state index contributed by atoms with van der Waals surface area (Å²) in [7, 11) is 0. The van der Waals surface area contributed by atoms with E-state index < -0.39 is 0 Å². The van der Waals surface area contributed by atoms with Crippen LogP contribution in [0, 0.1) is 6.92 Å². The lowest BCUT2D eigenvalue weighted by molar-refractivity contribution is -0.135. The van der Waals surface area contributed by atoms with Crippen LogP contribution in [0.15, 0.2) is 76.4 Å². The van der Waals surface area contributed by atoms with Gasteiger partial charge in [0.05, 0.1) is 12.0 Å². The number of hydrogen-bond acceptors (Lipinski definition) is 4. The molecule has 5 heteroatoms. The Bertz CT molecular complexity index is 1010. The van der Waals surface area contributed by atoms with E-state index in [1.165, 1.54) is 16.1 Å². The highest BCUT2D eigenvalue weighted by atomic mass is 16.5. The average Bonchev–Trinajstić information content (AvgIpc) is 3.42. The van der Waals surface area contributed by atoms with Crippen LogP contribution in [0.5, 0.6) is 5.75 Å². The van der Waals surface area contributed by atoms with Crippen LogP contribution in [0.1, 0.15) is 41.8 Å². The molecule has 0 bridgehead atoms. The zero-order chi connectivity index (χ0) is 20.2. The summed E-state index contributed by atoms with van der Waals surface area (Å²) in [5, 5.41) is 6.13. The number of rotatable bonds is 6. The second-order valence-electron chi connectivity index (χ2n) is 7.18. The van der Waals surface area contributed by atoms with E-state index in [2.05, 4.69) is 12.0 Å². The average molecular weight is 388 g/mol. The predicted molar refractivity (Wildman–Crippen MR) is 112 cm³/mol. The van der Waals surface area contributed by atoms with Gasteiger partial charge in [0.15, 0.2) is 6.61 Å². The van der Waals surface area contributed by atoms with Crippen LogP contribution < -0.4 is 4.74 Å². The van der Waals surface area contributed by atoms with Crippen LogP contribution in [0.2, 0.25) is 0 Å². The van der Waals surface area contributed by atoms with Gasteiger partial charge in [-0.2, -0.15) is 5.10 Å². The number of amides is 1. The summed E-state index contributed by atoms with van der Waals surface area (Å²) in [5.74, 6) is 1.21. The largest absolute Gasteiger partial charge is 0.484 e. The van der Waals surface area contributed by atoms with E-state index in [-0.39, 0.29) is 18.6 Å². The standard InChI is InChI=1S/C24H24N2O3/c1-3-18-6-4-7-20(14-18)29-16-24(27)26-22(23-8-5-13-28-23)15-21(25-26)19-11-9-17(2)10-12-19/h4-14,22H,3,15-16H2,1-2H3/t22-/m1/s1. The zero-order valence-electron chi connectivity index (χ0n) is 16.7. The van der Waals surface area contributed by atoms with Gasteiger partial charge in [-0.25, -0.2) is 5.01 Å². The molecule has 0 N–H and O–H groups in total. The Kier molecular flexibility index (Phi) is 5.47. The zero-order valence-corrected chi connectivity index (χ0v) is 16.7. The maximum absolute atomic E-state index is 13.0. The highest BCUT2D eigenvalue weighted by Gasteiger charge is 2.35. The summed E-state index contributed by atoms with van der Waals surface area (Å²) in [6.07, 6.45) is 3.14. The Morgan fingerprint density at radius 1 is 1.17 bits per heavy atom. The fourth-order valence-electron chi connectivity index (χ4n) is 3.43. The minimum atomic E-state index is -0.264. The number of ether oxygens (including phenoxy) is 1. The van der Waals surface area contributed by atoms with E-state index in [4.69, 9.17) is 9.15 Å². The first-order valence-electron chi connectivity index (χ1n) is 9.85. The molecule has 148 valence electrons. The van der Waals surface area contributed by atoms with E-state index in [0.717, 1.165) is 23.5 Å². The molecule has 1 amide bonds. The molecule has 4 rings (SSSR count). The van der Waals surface area contributed by atoms with Crippen molar-refractivity contribution in [3.05, 3.63) is 89.4 Å². The summed E-state index contributed by atoms with van der Waals surface area (Å²) < 4.78 is 11.3. The smallest absolute Gasteiger partial charge is 0.281 e. The normalized spacial score (nSPS) is 16.0. The van der Waals surface area contributed by atoms with Crippen LogP contribution in [-0.4, -0.2) is 23.2 Å². The molecule has 1 aliphatic rings. The number of furan rings is 1. The number of hydrazone groups is 1. The minimum absolute atomic E-state index is 0.0744. The van der Waals surface area contributed by atoms with Gasteiger partial charge in [0.1, 0.15) is 17.6 Å². The van der Waals surface area contributed by atoms with Crippen molar-refractivity contribution in [2.24, 2.45) is 5.10 Å². The molecule has 0 saturated carbocycles. The van der Waals surface area contributed by atoms with Crippen molar-refractivity contribution in [2.75, 3.05) is 6.61 Å². The van der Waals surface area contributed by atoms with Gasteiger partial charge >= 0.3 is 0 Å². The molecular formula is C24H24N2O3. The van der Waals surface area contributed by atoms with E-state index >= 15 is 0 Å². The molecule has 1 atom stereocenters. The SMILES string of the molecule is CCc1cccc(OCC(=O)N2N=C(c3ccc(C)cc3)C[C@@H]2c2ccco2)c1. The van der Waals surface area contributed by atoms with Gasteiger partial charge in [0, 0.05) is 6.42 Å². The molecule has 1 aliphatic heterocycles. The number of hydrogen-bond donors (Lipinski definition) is 0. The van der Waals surface area contributed by atoms with Gasteiger partial charge in [0.2, 0.25) is 0 Å². The second kappa shape index (κ2) is 8.35. The van der Waals surface area contributed by atoms with Gasteiger partial charge in [-0.1, -0.05) is 48.9 Å². The lowest BCUT2D eigenvalue weighted by atomic mass is 10.0. The molecule has 5 nitrogen and oxygen atoms in total. The fraction of sp³-hybridized carbons (Fsp3) is 0.250. The fourth-order valence-corrected chi connectivity index (χ4v) is 3.43. The quantitative estimate of drug-likeness (QED) is 0.603. The molecule has 0 saturated heterocycles. The third-order valence-electron chi connectivity index (χ3n) is 5.09. The lowest BCUT2D eigenvalue weighted by Gasteiger charge is -2.20. The summed E-state index contributed by atoms with van der Waals surface area (Å²) in [5.41, 5.74) is 4.24. The molecule has 3 aromatic rings. The first kappa shape index (κ1) is 19.0. The van der Waals surface area contributed by atoms with Crippen molar-refractivity contribution in [3.8, 4) is 5.75 Å². The first-order valence-corrected chi connectivity index (χ1v) is 9.85. The van der Waals surface area contributed by atoms with Gasteiger partial charge in [-0.15, -0.1) is 0 Å². The topological polar surface area (TPSA) is 55.0 Å². The van der Waals surface area contributed by atoms with Crippen LogP contribution in [0.4, 0.5) is 0 Å². The van der Waals surface area contributed by atoms with Crippen molar-refractivity contribution < 1.29 is 13.9 Å². The summed E-state index contributed by atoms with van der Waals surface area (Å²) in [6, 6.07) is 19.4. The van der Waals surface area contributed by atoms with Crippen molar-refractivity contribution in [1.29, 1.82) is 0 Å². The number of carbonyl (C=O) groups is 1. The Labute approximate surface area is 170 Å². The molecule has 0 aliphatic carbocycles. The Balaban J connectivity index is 1.54. The number of nitrogens with zero attached hydrogens (tertiary/aromatic N) is 2. The third kappa shape index (κ3) is 4.24. The lowest BCUT2D eigenvalue weighted by Crippen LogP contribution is -2.31. The van der Waals surface area contributed by atoms with Gasteiger partial charge in [0.25, 0.3) is 5.91 Å². The molecule has 0 unspecified atom stereocenters. The molecule has 0 fully saturated rings. The number of benzene rings is 2. The highest BCUT2D eigenvalue weighted by Crippen LogP contribution is 2.33. The van der Waals surface area contributed by atoms with Crippen molar-refractivity contribution >= 4 is 11.6 Å². The first-order chi connectivity index (χ1) is 14.1. The van der Waals surface area contributed by atoms with Gasteiger partial charge < -0.3 is 9.15 Å². The van der Waals surface area contributed by atoms with Crippen molar-refractivity contribution in [3.63, 3.8) is 0 Å². The number of carbonyl (C=O) groups excluding carboxylic acids is 1. The summed E-state index contributed by atoms with van der Waals surface area (Å²) >= 11 is 0. The van der Waals surface area contributed by atoms with Crippen LogP contribution in [0.3, 0.4) is 0 Å². The van der Waals surface area contributed by atoms with Crippen LogP contribution in [-0.2, 0) is 11.2 Å². The monoisotopic (exact) mass is 388 g/mol. The van der Waals surface area contributed by atoms with Crippen LogP contribution >= 0.6 is 0 Å². The van der Waals surface area contributed by atoms with E-state index in [1.807, 2.05) is 67.6 Å². The minimum Gasteiger partial charge on any atom is -0.484 e. The molecule has 29 heavy (non-hydrogen) atoms. The molecular weight excluding hydrogens is 364 g/mol. The number of aryl methyl sites for hydroxylation is 2. The van der Waals surface area contributed by atoms with Crippen molar-refractivity contribution in [1.82, 2.24) is 5.01 Å². The summed E-state index contributed by atoms with van der Waals surface area (Å²) in [6.45, 7) is 4.06. The molecule has 0 radical (unpaired) electrons. The molecule has 1 aromatic heterocycles. The highest BCUT2D eigenvalue weighted by molar-refractivity contribution is 6.03. The second-order valence-corrected chi connectivity index (χ2v) is 7.18. The predicted octanol–water partition coefficient (Wildman–Crippen LogP) is 4.91. The molecule has 2 aromatic carbocycles. The molecule has 0 spiro atoms. The third-order valence-corrected chi connectivity index (χ3v) is 5.09. The Hall–Kier alpha value is -3.34. The molecule has 2 heterocycles. The maximum Gasteiger partial charge on any atom is 0.281 e.